The molecule has 0 spiro atoms. The van der Waals surface area contributed by atoms with Gasteiger partial charge in [-0.2, -0.15) is 0 Å². The molecule has 1 aliphatic rings. The molecule has 1 fully saturated rings. The van der Waals surface area contributed by atoms with Crippen molar-refractivity contribution in [3.63, 3.8) is 0 Å². The van der Waals surface area contributed by atoms with Crippen LogP contribution in [0.5, 0.6) is 0 Å². The van der Waals surface area contributed by atoms with Crippen molar-refractivity contribution in [1.29, 1.82) is 0 Å². The molecule has 1 aromatic carbocycles. The molecule has 0 amide bonds. The zero-order valence-electron chi connectivity index (χ0n) is 10.6. The Balaban J connectivity index is 1.59. The standard InChI is InChI=1S/C15H20O3/c16-13-18-11-9-15(6-7-15)8-10-17-12-14-4-2-1-3-5-14/h1-5,13H,6-12H2. The van der Waals surface area contributed by atoms with E-state index in [0.717, 1.165) is 19.4 Å². The fraction of sp³-hybridized carbons (Fsp3) is 0.533. The Morgan fingerprint density at radius 2 is 1.83 bits per heavy atom. The van der Waals surface area contributed by atoms with Crippen molar-refractivity contribution in [2.45, 2.75) is 32.3 Å². The summed E-state index contributed by atoms with van der Waals surface area (Å²) >= 11 is 0. The van der Waals surface area contributed by atoms with E-state index in [9.17, 15) is 4.79 Å². The highest BCUT2D eigenvalue weighted by molar-refractivity contribution is 5.36. The van der Waals surface area contributed by atoms with Gasteiger partial charge in [-0.3, -0.25) is 4.79 Å². The Labute approximate surface area is 108 Å². The van der Waals surface area contributed by atoms with Gasteiger partial charge in [0.25, 0.3) is 6.47 Å². The van der Waals surface area contributed by atoms with E-state index < -0.39 is 0 Å². The molecular formula is C15H20O3. The van der Waals surface area contributed by atoms with Crippen molar-refractivity contribution in [1.82, 2.24) is 0 Å². The van der Waals surface area contributed by atoms with Gasteiger partial charge < -0.3 is 9.47 Å². The fourth-order valence-electron chi connectivity index (χ4n) is 2.18. The normalized spacial score (nSPS) is 16.2. The lowest BCUT2D eigenvalue weighted by Gasteiger charge is -2.14. The van der Waals surface area contributed by atoms with Crippen LogP contribution in [0.1, 0.15) is 31.2 Å². The maximum Gasteiger partial charge on any atom is 0.293 e. The number of carbonyl (C=O) groups excluding carboxylic acids is 1. The second-order valence-electron chi connectivity index (χ2n) is 5.01. The molecule has 0 aliphatic heterocycles. The zero-order valence-corrected chi connectivity index (χ0v) is 10.6. The summed E-state index contributed by atoms with van der Waals surface area (Å²) in [6, 6.07) is 10.2. The van der Waals surface area contributed by atoms with E-state index in [2.05, 4.69) is 12.1 Å². The molecule has 1 aliphatic carbocycles. The number of hydrogen-bond donors (Lipinski definition) is 0. The lowest BCUT2D eigenvalue weighted by Crippen LogP contribution is -2.09. The van der Waals surface area contributed by atoms with Gasteiger partial charge in [-0.1, -0.05) is 30.3 Å². The van der Waals surface area contributed by atoms with Crippen molar-refractivity contribution in [2.75, 3.05) is 13.2 Å². The summed E-state index contributed by atoms with van der Waals surface area (Å²) in [7, 11) is 0. The predicted molar refractivity (Wildman–Crippen MR) is 69.0 cm³/mol. The molecule has 0 heterocycles. The van der Waals surface area contributed by atoms with Crippen molar-refractivity contribution in [3.05, 3.63) is 35.9 Å². The summed E-state index contributed by atoms with van der Waals surface area (Å²) < 4.78 is 10.5. The smallest absolute Gasteiger partial charge is 0.293 e. The molecule has 98 valence electrons. The first kappa shape index (κ1) is 13.1. The molecule has 0 unspecified atom stereocenters. The minimum absolute atomic E-state index is 0.389. The van der Waals surface area contributed by atoms with Gasteiger partial charge in [0.05, 0.1) is 13.2 Å². The summed E-state index contributed by atoms with van der Waals surface area (Å²) in [5, 5.41) is 0. The Morgan fingerprint density at radius 3 is 2.50 bits per heavy atom. The second kappa shape index (κ2) is 6.55. The highest BCUT2D eigenvalue weighted by Gasteiger charge is 2.41. The van der Waals surface area contributed by atoms with Crippen LogP contribution in [0, 0.1) is 5.41 Å². The van der Waals surface area contributed by atoms with Crippen molar-refractivity contribution >= 4 is 6.47 Å². The van der Waals surface area contributed by atoms with Gasteiger partial charge in [0.1, 0.15) is 0 Å². The van der Waals surface area contributed by atoms with Crippen LogP contribution in [-0.4, -0.2) is 19.7 Å². The molecule has 0 radical (unpaired) electrons. The van der Waals surface area contributed by atoms with Crippen LogP contribution in [-0.2, 0) is 20.9 Å². The monoisotopic (exact) mass is 248 g/mol. The molecule has 18 heavy (non-hydrogen) atoms. The van der Waals surface area contributed by atoms with E-state index in [-0.39, 0.29) is 0 Å². The molecule has 0 atom stereocenters. The molecule has 0 saturated heterocycles. The molecule has 1 aromatic rings. The lowest BCUT2D eigenvalue weighted by molar-refractivity contribution is -0.129. The van der Waals surface area contributed by atoms with Gasteiger partial charge in [-0.25, -0.2) is 0 Å². The minimum Gasteiger partial charge on any atom is -0.468 e. The fourth-order valence-corrected chi connectivity index (χ4v) is 2.18. The molecule has 1 saturated carbocycles. The third kappa shape index (κ3) is 4.15. The number of ether oxygens (including phenoxy) is 2. The highest BCUT2D eigenvalue weighted by atomic mass is 16.5. The van der Waals surface area contributed by atoms with Crippen LogP contribution in [0.3, 0.4) is 0 Å². The lowest BCUT2D eigenvalue weighted by atomic mass is 9.99. The maximum atomic E-state index is 10.1. The molecule has 3 heteroatoms. The Hall–Kier alpha value is -1.35. The van der Waals surface area contributed by atoms with Crippen LogP contribution >= 0.6 is 0 Å². The van der Waals surface area contributed by atoms with E-state index in [0.29, 0.717) is 25.1 Å². The highest BCUT2D eigenvalue weighted by Crippen LogP contribution is 2.51. The topological polar surface area (TPSA) is 35.5 Å². The van der Waals surface area contributed by atoms with E-state index >= 15 is 0 Å². The van der Waals surface area contributed by atoms with Gasteiger partial charge in [0.15, 0.2) is 0 Å². The molecule has 2 rings (SSSR count). The maximum absolute atomic E-state index is 10.1. The molecule has 0 aromatic heterocycles. The van der Waals surface area contributed by atoms with E-state index in [1.165, 1.54) is 18.4 Å². The third-order valence-corrected chi connectivity index (χ3v) is 3.66. The van der Waals surface area contributed by atoms with E-state index in [1.807, 2.05) is 18.2 Å². The number of benzene rings is 1. The number of rotatable bonds is 9. The van der Waals surface area contributed by atoms with Gasteiger partial charge in [-0.05, 0) is 36.7 Å². The zero-order chi connectivity index (χ0) is 12.7. The number of hydrogen-bond acceptors (Lipinski definition) is 3. The van der Waals surface area contributed by atoms with Crippen molar-refractivity contribution < 1.29 is 14.3 Å². The van der Waals surface area contributed by atoms with Crippen LogP contribution in [0.4, 0.5) is 0 Å². The Bertz CT molecular complexity index is 357. The average Bonchev–Trinajstić information content (AvgIpc) is 3.17. The Kier molecular flexibility index (Phi) is 4.76. The van der Waals surface area contributed by atoms with Gasteiger partial charge >= 0.3 is 0 Å². The summed E-state index contributed by atoms with van der Waals surface area (Å²) in [6.07, 6.45) is 4.52. The molecule has 3 nitrogen and oxygen atoms in total. The van der Waals surface area contributed by atoms with Crippen molar-refractivity contribution in [3.8, 4) is 0 Å². The molecule has 0 N–H and O–H groups in total. The summed E-state index contributed by atoms with van der Waals surface area (Å²) in [4.78, 5) is 10.1. The SMILES string of the molecule is O=COCCC1(CCOCc2ccccc2)CC1. The summed E-state index contributed by atoms with van der Waals surface area (Å²) in [5.74, 6) is 0. The predicted octanol–water partition coefficient (Wildman–Crippen LogP) is 2.94. The quantitative estimate of drug-likeness (QED) is 0.498. The van der Waals surface area contributed by atoms with Gasteiger partial charge in [0, 0.05) is 6.61 Å². The second-order valence-corrected chi connectivity index (χ2v) is 5.01. The summed E-state index contributed by atoms with van der Waals surface area (Å²) in [5.41, 5.74) is 1.60. The first-order chi connectivity index (χ1) is 8.85. The first-order valence-corrected chi connectivity index (χ1v) is 6.52. The first-order valence-electron chi connectivity index (χ1n) is 6.52. The van der Waals surface area contributed by atoms with Crippen LogP contribution in [0.2, 0.25) is 0 Å². The van der Waals surface area contributed by atoms with E-state index in [4.69, 9.17) is 9.47 Å². The molecule has 0 bridgehead atoms. The minimum atomic E-state index is 0.389. The summed E-state index contributed by atoms with van der Waals surface area (Å²) in [6.45, 7) is 2.54. The van der Waals surface area contributed by atoms with Gasteiger partial charge in [-0.15, -0.1) is 0 Å². The van der Waals surface area contributed by atoms with Crippen LogP contribution in [0.25, 0.3) is 0 Å². The average molecular weight is 248 g/mol. The van der Waals surface area contributed by atoms with Crippen LogP contribution < -0.4 is 0 Å². The number of carbonyl (C=O) groups is 1. The molecular weight excluding hydrogens is 228 g/mol. The Morgan fingerprint density at radius 1 is 1.11 bits per heavy atom. The van der Waals surface area contributed by atoms with Crippen LogP contribution in [0.15, 0.2) is 30.3 Å². The van der Waals surface area contributed by atoms with Gasteiger partial charge in [0.2, 0.25) is 0 Å². The third-order valence-electron chi connectivity index (χ3n) is 3.66. The van der Waals surface area contributed by atoms with Crippen molar-refractivity contribution in [2.24, 2.45) is 5.41 Å². The van der Waals surface area contributed by atoms with E-state index in [1.54, 1.807) is 0 Å². The largest absolute Gasteiger partial charge is 0.468 e.